The van der Waals surface area contributed by atoms with Crippen molar-refractivity contribution < 1.29 is 4.79 Å². The van der Waals surface area contributed by atoms with Crippen LogP contribution in [0.2, 0.25) is 0 Å². The molecule has 0 spiro atoms. The van der Waals surface area contributed by atoms with Crippen molar-refractivity contribution in [3.8, 4) is 0 Å². The molecule has 1 aliphatic rings. The van der Waals surface area contributed by atoms with Crippen molar-refractivity contribution in [2.45, 2.75) is 26.3 Å². The third-order valence-electron chi connectivity index (χ3n) is 3.10. The summed E-state index contributed by atoms with van der Waals surface area (Å²) in [5.74, 6) is 0.494. The minimum Gasteiger partial charge on any atom is -0.355 e. The van der Waals surface area contributed by atoms with Gasteiger partial charge in [-0.05, 0) is 35.7 Å². The lowest BCUT2D eigenvalue weighted by atomic mass is 10.3. The number of hydrogen-bond acceptors (Lipinski definition) is 3. The Kier molecular flexibility index (Phi) is 4.40. The Labute approximate surface area is 115 Å². The number of carbonyl (C=O) groups excluding carboxylic acids is 1. The summed E-state index contributed by atoms with van der Waals surface area (Å²) < 4.78 is 2.93. The molecule has 100 valence electrons. The lowest BCUT2D eigenvalue weighted by molar-refractivity contribution is -0.122. The van der Waals surface area contributed by atoms with Crippen molar-refractivity contribution in [2.75, 3.05) is 13.1 Å². The number of halogens is 1. The van der Waals surface area contributed by atoms with Gasteiger partial charge in [-0.15, -0.1) is 0 Å². The third kappa shape index (κ3) is 3.32. The normalized spacial score (nSPS) is 14.8. The summed E-state index contributed by atoms with van der Waals surface area (Å²) >= 11 is 3.53. The molecule has 0 aromatic carbocycles. The van der Waals surface area contributed by atoms with Gasteiger partial charge in [0.2, 0.25) is 5.91 Å². The van der Waals surface area contributed by atoms with Gasteiger partial charge in [0.05, 0.1) is 15.9 Å². The summed E-state index contributed by atoms with van der Waals surface area (Å²) in [6.07, 6.45) is 2.11. The van der Waals surface area contributed by atoms with Crippen LogP contribution in [-0.2, 0) is 18.4 Å². The average molecular weight is 315 g/mol. The first-order valence-electron chi connectivity index (χ1n) is 6.26. The predicted octanol–water partition coefficient (Wildman–Crippen LogP) is 1.11. The fourth-order valence-electron chi connectivity index (χ4n) is 1.84. The van der Waals surface area contributed by atoms with Crippen molar-refractivity contribution in [1.82, 2.24) is 20.4 Å². The van der Waals surface area contributed by atoms with Gasteiger partial charge in [0.25, 0.3) is 0 Å². The van der Waals surface area contributed by atoms with Crippen LogP contribution in [0.4, 0.5) is 0 Å². The van der Waals surface area contributed by atoms with Crippen LogP contribution in [0, 0.1) is 12.8 Å². The van der Waals surface area contributed by atoms with E-state index in [0.29, 0.717) is 12.5 Å². The summed E-state index contributed by atoms with van der Waals surface area (Å²) in [6, 6.07) is 0. The summed E-state index contributed by atoms with van der Waals surface area (Å²) in [5, 5.41) is 10.6. The third-order valence-corrected chi connectivity index (χ3v) is 4.13. The van der Waals surface area contributed by atoms with Crippen LogP contribution < -0.4 is 10.6 Å². The first-order chi connectivity index (χ1) is 8.59. The SMILES string of the molecule is Cc1nn(C)c(CNCCNC(=O)C2CC2)c1Br. The zero-order chi connectivity index (χ0) is 13.1. The van der Waals surface area contributed by atoms with Crippen LogP contribution >= 0.6 is 15.9 Å². The molecule has 2 N–H and O–H groups in total. The molecule has 0 atom stereocenters. The second-order valence-corrected chi connectivity index (χ2v) is 5.50. The Morgan fingerprint density at radius 2 is 2.22 bits per heavy atom. The van der Waals surface area contributed by atoms with E-state index in [-0.39, 0.29) is 5.91 Å². The molecule has 0 bridgehead atoms. The van der Waals surface area contributed by atoms with Gasteiger partial charge in [-0.25, -0.2) is 0 Å². The van der Waals surface area contributed by atoms with Gasteiger partial charge in [-0.2, -0.15) is 5.10 Å². The highest BCUT2D eigenvalue weighted by molar-refractivity contribution is 9.10. The van der Waals surface area contributed by atoms with Gasteiger partial charge in [-0.3, -0.25) is 9.48 Å². The highest BCUT2D eigenvalue weighted by Gasteiger charge is 2.28. The molecular formula is C12H19BrN4O. The van der Waals surface area contributed by atoms with Crippen molar-refractivity contribution in [3.05, 3.63) is 15.9 Å². The summed E-state index contributed by atoms with van der Waals surface area (Å²) in [4.78, 5) is 11.4. The van der Waals surface area contributed by atoms with Crippen molar-refractivity contribution in [1.29, 1.82) is 0 Å². The standard InChI is InChI=1S/C12H19BrN4O/c1-8-11(13)10(17(2)16-8)7-14-5-6-15-12(18)9-3-4-9/h9,14H,3-7H2,1-2H3,(H,15,18). The van der Waals surface area contributed by atoms with E-state index >= 15 is 0 Å². The van der Waals surface area contributed by atoms with Crippen molar-refractivity contribution in [3.63, 3.8) is 0 Å². The second-order valence-electron chi connectivity index (χ2n) is 4.71. The lowest BCUT2D eigenvalue weighted by Crippen LogP contribution is -2.32. The number of aromatic nitrogens is 2. The second kappa shape index (κ2) is 5.84. The van der Waals surface area contributed by atoms with Gasteiger partial charge < -0.3 is 10.6 Å². The zero-order valence-electron chi connectivity index (χ0n) is 10.8. The molecule has 1 amide bonds. The number of nitrogens with zero attached hydrogens (tertiary/aromatic N) is 2. The van der Waals surface area contributed by atoms with Crippen LogP contribution in [0.25, 0.3) is 0 Å². The van der Waals surface area contributed by atoms with E-state index in [1.54, 1.807) is 0 Å². The monoisotopic (exact) mass is 314 g/mol. The minimum absolute atomic E-state index is 0.203. The van der Waals surface area contributed by atoms with Crippen LogP contribution in [0.1, 0.15) is 24.2 Å². The fourth-order valence-corrected chi connectivity index (χ4v) is 2.32. The van der Waals surface area contributed by atoms with E-state index in [2.05, 4.69) is 31.7 Å². The zero-order valence-corrected chi connectivity index (χ0v) is 12.4. The molecule has 1 aliphatic carbocycles. The Morgan fingerprint density at radius 1 is 1.50 bits per heavy atom. The Hall–Kier alpha value is -0.880. The summed E-state index contributed by atoms with van der Waals surface area (Å²) in [6.45, 7) is 4.18. The maximum absolute atomic E-state index is 11.4. The van der Waals surface area contributed by atoms with E-state index in [4.69, 9.17) is 0 Å². The molecule has 0 radical (unpaired) electrons. The predicted molar refractivity (Wildman–Crippen MR) is 73.1 cm³/mol. The molecule has 1 aromatic rings. The van der Waals surface area contributed by atoms with Gasteiger partial charge in [0.15, 0.2) is 0 Å². The molecule has 1 aromatic heterocycles. The molecule has 18 heavy (non-hydrogen) atoms. The first-order valence-corrected chi connectivity index (χ1v) is 7.05. The number of nitrogens with one attached hydrogen (secondary N) is 2. The molecule has 5 nitrogen and oxygen atoms in total. The van der Waals surface area contributed by atoms with Gasteiger partial charge >= 0.3 is 0 Å². The maximum atomic E-state index is 11.4. The number of carbonyl (C=O) groups is 1. The molecule has 2 rings (SSSR count). The number of aryl methyl sites for hydroxylation is 2. The summed E-state index contributed by atoms with van der Waals surface area (Å²) in [5.41, 5.74) is 2.12. The smallest absolute Gasteiger partial charge is 0.223 e. The topological polar surface area (TPSA) is 59.0 Å². The Balaban J connectivity index is 1.67. The van der Waals surface area contributed by atoms with E-state index in [9.17, 15) is 4.79 Å². The number of rotatable bonds is 6. The number of hydrogen-bond donors (Lipinski definition) is 2. The van der Waals surface area contributed by atoms with Crippen LogP contribution in [0.15, 0.2) is 4.47 Å². The molecule has 1 saturated carbocycles. The fraction of sp³-hybridized carbons (Fsp3) is 0.667. The Morgan fingerprint density at radius 3 is 2.78 bits per heavy atom. The number of amides is 1. The molecule has 1 fully saturated rings. The molecule has 1 heterocycles. The van der Waals surface area contributed by atoms with Gasteiger partial charge in [-0.1, -0.05) is 0 Å². The molecule has 0 unspecified atom stereocenters. The minimum atomic E-state index is 0.203. The van der Waals surface area contributed by atoms with E-state index in [0.717, 1.165) is 41.8 Å². The molecular weight excluding hydrogens is 296 g/mol. The van der Waals surface area contributed by atoms with E-state index in [1.807, 2.05) is 18.7 Å². The van der Waals surface area contributed by atoms with Crippen molar-refractivity contribution >= 4 is 21.8 Å². The molecule has 0 aliphatic heterocycles. The average Bonchev–Trinajstić information content (AvgIpc) is 3.12. The first kappa shape index (κ1) is 13.5. The van der Waals surface area contributed by atoms with Crippen LogP contribution in [0.5, 0.6) is 0 Å². The highest BCUT2D eigenvalue weighted by Crippen LogP contribution is 2.28. The quantitative estimate of drug-likeness (QED) is 0.773. The van der Waals surface area contributed by atoms with Gasteiger partial charge in [0.1, 0.15) is 0 Å². The van der Waals surface area contributed by atoms with E-state index in [1.165, 1.54) is 0 Å². The van der Waals surface area contributed by atoms with Crippen LogP contribution in [0.3, 0.4) is 0 Å². The van der Waals surface area contributed by atoms with Crippen LogP contribution in [-0.4, -0.2) is 28.8 Å². The highest BCUT2D eigenvalue weighted by atomic mass is 79.9. The molecule has 6 heteroatoms. The van der Waals surface area contributed by atoms with Gasteiger partial charge in [0, 0.05) is 32.6 Å². The summed E-state index contributed by atoms with van der Waals surface area (Å²) in [7, 11) is 1.93. The Bertz CT molecular complexity index is 440. The largest absolute Gasteiger partial charge is 0.355 e. The van der Waals surface area contributed by atoms with Crippen molar-refractivity contribution in [2.24, 2.45) is 13.0 Å². The molecule has 0 saturated heterocycles. The maximum Gasteiger partial charge on any atom is 0.223 e. The van der Waals surface area contributed by atoms with E-state index < -0.39 is 0 Å². The lowest BCUT2D eigenvalue weighted by Gasteiger charge is -2.07.